The van der Waals surface area contributed by atoms with E-state index in [9.17, 15) is 4.79 Å². The standard InChI is InChI=1S/C12H17NOS/c13-10-4-1-3-9(7-10)12(14)8-11-5-2-6-15-11/h2,5-6,9-10H,1,3-4,7-8,13H2. The van der Waals surface area contributed by atoms with Gasteiger partial charge in [0.2, 0.25) is 0 Å². The molecule has 2 unspecified atom stereocenters. The smallest absolute Gasteiger partial charge is 0.141 e. The second-order valence-electron chi connectivity index (χ2n) is 4.35. The average Bonchev–Trinajstić information content (AvgIpc) is 2.70. The third kappa shape index (κ3) is 2.89. The molecule has 1 saturated carbocycles. The van der Waals surface area contributed by atoms with E-state index in [4.69, 9.17) is 5.73 Å². The summed E-state index contributed by atoms with van der Waals surface area (Å²) in [6.45, 7) is 0. The van der Waals surface area contributed by atoms with E-state index in [1.807, 2.05) is 17.5 Å². The van der Waals surface area contributed by atoms with E-state index in [0.717, 1.165) is 25.7 Å². The van der Waals surface area contributed by atoms with Gasteiger partial charge in [-0.15, -0.1) is 11.3 Å². The van der Waals surface area contributed by atoms with Crippen molar-refractivity contribution in [2.75, 3.05) is 0 Å². The number of thiophene rings is 1. The van der Waals surface area contributed by atoms with E-state index < -0.39 is 0 Å². The molecule has 1 aliphatic rings. The first-order valence-corrected chi connectivity index (χ1v) is 6.44. The second kappa shape index (κ2) is 4.90. The quantitative estimate of drug-likeness (QED) is 0.855. The maximum atomic E-state index is 12.0. The van der Waals surface area contributed by atoms with E-state index in [0.29, 0.717) is 12.2 Å². The van der Waals surface area contributed by atoms with Crippen molar-refractivity contribution in [1.82, 2.24) is 0 Å². The van der Waals surface area contributed by atoms with E-state index in [1.165, 1.54) is 4.88 Å². The van der Waals surface area contributed by atoms with Crippen LogP contribution in [-0.2, 0) is 11.2 Å². The van der Waals surface area contributed by atoms with E-state index in [-0.39, 0.29) is 12.0 Å². The van der Waals surface area contributed by atoms with Crippen molar-refractivity contribution < 1.29 is 4.79 Å². The molecular weight excluding hydrogens is 206 g/mol. The van der Waals surface area contributed by atoms with Gasteiger partial charge in [-0.3, -0.25) is 4.79 Å². The normalized spacial score (nSPS) is 26.5. The minimum absolute atomic E-state index is 0.218. The van der Waals surface area contributed by atoms with Crippen LogP contribution in [0.15, 0.2) is 17.5 Å². The van der Waals surface area contributed by atoms with Crippen molar-refractivity contribution in [3.63, 3.8) is 0 Å². The molecule has 0 spiro atoms. The number of rotatable bonds is 3. The van der Waals surface area contributed by atoms with Gasteiger partial charge in [0, 0.05) is 23.3 Å². The van der Waals surface area contributed by atoms with Gasteiger partial charge in [-0.25, -0.2) is 0 Å². The van der Waals surface area contributed by atoms with Crippen LogP contribution in [0.4, 0.5) is 0 Å². The van der Waals surface area contributed by atoms with Crippen LogP contribution in [0, 0.1) is 5.92 Å². The van der Waals surface area contributed by atoms with Crippen LogP contribution in [0.5, 0.6) is 0 Å². The highest BCUT2D eigenvalue weighted by atomic mass is 32.1. The molecule has 2 N–H and O–H groups in total. The van der Waals surface area contributed by atoms with Crippen LogP contribution in [-0.4, -0.2) is 11.8 Å². The van der Waals surface area contributed by atoms with Gasteiger partial charge < -0.3 is 5.73 Å². The van der Waals surface area contributed by atoms with Gasteiger partial charge in [-0.1, -0.05) is 12.5 Å². The molecule has 0 aliphatic heterocycles. The molecule has 3 heteroatoms. The average molecular weight is 223 g/mol. The molecule has 0 aromatic carbocycles. The monoisotopic (exact) mass is 223 g/mol. The van der Waals surface area contributed by atoms with E-state index >= 15 is 0 Å². The summed E-state index contributed by atoms with van der Waals surface area (Å²) in [6.07, 6.45) is 4.74. The van der Waals surface area contributed by atoms with Crippen molar-refractivity contribution in [3.8, 4) is 0 Å². The van der Waals surface area contributed by atoms with Crippen molar-refractivity contribution in [1.29, 1.82) is 0 Å². The van der Waals surface area contributed by atoms with Gasteiger partial charge in [0.25, 0.3) is 0 Å². The molecule has 1 fully saturated rings. The maximum absolute atomic E-state index is 12.0. The fraction of sp³-hybridized carbons (Fsp3) is 0.583. The number of carbonyl (C=O) groups excluding carboxylic acids is 1. The van der Waals surface area contributed by atoms with Crippen LogP contribution >= 0.6 is 11.3 Å². The number of hydrogen-bond acceptors (Lipinski definition) is 3. The molecule has 1 aromatic heterocycles. The zero-order valence-corrected chi connectivity index (χ0v) is 9.63. The lowest BCUT2D eigenvalue weighted by atomic mass is 9.82. The third-order valence-corrected chi connectivity index (χ3v) is 3.98. The Hall–Kier alpha value is -0.670. The summed E-state index contributed by atoms with van der Waals surface area (Å²) >= 11 is 1.66. The van der Waals surface area contributed by atoms with Crippen LogP contribution in [0.1, 0.15) is 30.6 Å². The fourth-order valence-corrected chi connectivity index (χ4v) is 2.96. The van der Waals surface area contributed by atoms with Crippen LogP contribution in [0.3, 0.4) is 0 Å². The molecule has 2 atom stereocenters. The number of hydrogen-bond donors (Lipinski definition) is 1. The molecule has 1 heterocycles. The topological polar surface area (TPSA) is 43.1 Å². The van der Waals surface area contributed by atoms with Gasteiger partial charge in [0.05, 0.1) is 0 Å². The SMILES string of the molecule is NC1CCCC(C(=O)Cc2cccs2)C1. The lowest BCUT2D eigenvalue weighted by Crippen LogP contribution is -2.32. The summed E-state index contributed by atoms with van der Waals surface area (Å²) in [7, 11) is 0. The van der Waals surface area contributed by atoms with Gasteiger partial charge in [-0.2, -0.15) is 0 Å². The Labute approximate surface area is 94.5 Å². The van der Waals surface area contributed by atoms with Gasteiger partial charge in [-0.05, 0) is 30.7 Å². The lowest BCUT2D eigenvalue weighted by molar-refractivity contribution is -0.123. The first kappa shape index (κ1) is 10.8. The largest absolute Gasteiger partial charge is 0.328 e. The van der Waals surface area contributed by atoms with Gasteiger partial charge in [0.1, 0.15) is 5.78 Å². The summed E-state index contributed by atoms with van der Waals surface area (Å²) in [5.41, 5.74) is 5.89. The Balaban J connectivity index is 1.90. The van der Waals surface area contributed by atoms with E-state index in [2.05, 4.69) is 0 Å². The molecule has 82 valence electrons. The zero-order valence-electron chi connectivity index (χ0n) is 8.82. The number of ketones is 1. The van der Waals surface area contributed by atoms with Gasteiger partial charge >= 0.3 is 0 Å². The highest BCUT2D eigenvalue weighted by Gasteiger charge is 2.25. The van der Waals surface area contributed by atoms with Crippen molar-refractivity contribution in [2.45, 2.75) is 38.1 Å². The summed E-state index contributed by atoms with van der Waals surface area (Å²) in [5.74, 6) is 0.600. The minimum atomic E-state index is 0.218. The number of nitrogens with two attached hydrogens (primary N) is 1. The molecule has 0 amide bonds. The third-order valence-electron chi connectivity index (χ3n) is 3.10. The Morgan fingerprint density at radius 3 is 3.07 bits per heavy atom. The number of Topliss-reactive ketones (excluding diaryl/α,β-unsaturated/α-hetero) is 1. The van der Waals surface area contributed by atoms with Crippen molar-refractivity contribution in [3.05, 3.63) is 22.4 Å². The Morgan fingerprint density at radius 1 is 1.53 bits per heavy atom. The molecule has 0 bridgehead atoms. The lowest BCUT2D eigenvalue weighted by Gasteiger charge is -2.25. The first-order valence-electron chi connectivity index (χ1n) is 5.56. The first-order chi connectivity index (χ1) is 7.25. The van der Waals surface area contributed by atoms with E-state index in [1.54, 1.807) is 11.3 Å². The van der Waals surface area contributed by atoms with Crippen LogP contribution < -0.4 is 5.73 Å². The molecule has 2 rings (SSSR count). The molecule has 1 aromatic rings. The zero-order chi connectivity index (χ0) is 10.7. The molecular formula is C12H17NOS. The molecule has 0 saturated heterocycles. The molecule has 0 radical (unpaired) electrons. The number of carbonyl (C=O) groups is 1. The molecule has 2 nitrogen and oxygen atoms in total. The van der Waals surface area contributed by atoms with Crippen molar-refractivity contribution in [2.24, 2.45) is 11.7 Å². The van der Waals surface area contributed by atoms with Crippen LogP contribution in [0.25, 0.3) is 0 Å². The predicted octanol–water partition coefficient (Wildman–Crippen LogP) is 2.38. The van der Waals surface area contributed by atoms with Crippen molar-refractivity contribution >= 4 is 17.1 Å². The fourth-order valence-electron chi connectivity index (χ4n) is 2.25. The summed E-state index contributed by atoms with van der Waals surface area (Å²) < 4.78 is 0. The Bertz CT molecular complexity index is 320. The highest BCUT2D eigenvalue weighted by Crippen LogP contribution is 2.25. The highest BCUT2D eigenvalue weighted by molar-refractivity contribution is 7.10. The second-order valence-corrected chi connectivity index (χ2v) is 5.38. The molecule has 1 aliphatic carbocycles. The Kier molecular flexibility index (Phi) is 3.54. The minimum Gasteiger partial charge on any atom is -0.328 e. The summed E-state index contributed by atoms with van der Waals surface area (Å²) in [6, 6.07) is 4.28. The Morgan fingerprint density at radius 2 is 2.40 bits per heavy atom. The summed E-state index contributed by atoms with van der Waals surface area (Å²) in [5, 5.41) is 2.02. The van der Waals surface area contributed by atoms with Crippen LogP contribution in [0.2, 0.25) is 0 Å². The summed E-state index contributed by atoms with van der Waals surface area (Å²) in [4.78, 5) is 13.1. The van der Waals surface area contributed by atoms with Gasteiger partial charge in [0.15, 0.2) is 0 Å². The molecule has 15 heavy (non-hydrogen) atoms. The maximum Gasteiger partial charge on any atom is 0.141 e. The predicted molar refractivity (Wildman–Crippen MR) is 63.0 cm³/mol.